The molecule has 0 N–H and O–H groups in total. The largest absolute Gasteiger partial charge is 0.422 e. The molecular formula is C17H19F3N2O3. The first-order valence-electron chi connectivity index (χ1n) is 7.71. The molecular weight excluding hydrogens is 337 g/mol. The summed E-state index contributed by atoms with van der Waals surface area (Å²) in [6.07, 6.45) is -3.79. The third-order valence-corrected chi connectivity index (χ3v) is 4.21. The zero-order valence-corrected chi connectivity index (χ0v) is 14.2. The highest BCUT2D eigenvalue weighted by Crippen LogP contribution is 2.49. The Kier molecular flexibility index (Phi) is 5.31. The minimum absolute atomic E-state index is 0.191. The Bertz CT molecular complexity index is 716. The topological polar surface area (TPSA) is 59.0 Å². The van der Waals surface area contributed by atoms with Gasteiger partial charge in [0.1, 0.15) is 6.61 Å². The van der Waals surface area contributed by atoms with Crippen LogP contribution in [-0.4, -0.2) is 49.7 Å². The number of carbonyl (C=O) groups excluding carboxylic acids is 2. The highest BCUT2D eigenvalue weighted by atomic mass is 19.4. The van der Waals surface area contributed by atoms with Crippen LogP contribution in [0.2, 0.25) is 0 Å². The number of aliphatic imine (C=N–C) groups is 1. The third-order valence-electron chi connectivity index (χ3n) is 4.21. The molecule has 25 heavy (non-hydrogen) atoms. The number of Topliss-reactive ketones (excluding diaryl/α,β-unsaturated/α-hetero) is 1. The first-order chi connectivity index (χ1) is 11.6. The van der Waals surface area contributed by atoms with Crippen LogP contribution in [0.5, 0.6) is 0 Å². The van der Waals surface area contributed by atoms with E-state index in [1.807, 2.05) is 6.92 Å². The molecule has 2 rings (SSSR count). The SMILES string of the molecule is CCN(C)C=Nc1cc(C=O)c(C2(C(F)(F)F)CC(=O)CO2)cc1C. The van der Waals surface area contributed by atoms with Crippen LogP contribution in [0.15, 0.2) is 17.1 Å². The third kappa shape index (κ3) is 3.58. The molecule has 0 aliphatic carbocycles. The van der Waals surface area contributed by atoms with E-state index in [1.165, 1.54) is 18.5 Å². The Labute approximate surface area is 143 Å². The van der Waals surface area contributed by atoms with E-state index in [0.717, 1.165) is 0 Å². The van der Waals surface area contributed by atoms with Crippen molar-refractivity contribution in [3.05, 3.63) is 28.8 Å². The summed E-state index contributed by atoms with van der Waals surface area (Å²) in [6.45, 7) is 3.59. The molecule has 1 unspecified atom stereocenters. The van der Waals surface area contributed by atoms with Crippen molar-refractivity contribution in [2.24, 2.45) is 4.99 Å². The Morgan fingerprint density at radius 2 is 2.08 bits per heavy atom. The van der Waals surface area contributed by atoms with Crippen LogP contribution in [-0.2, 0) is 15.1 Å². The molecule has 0 aromatic heterocycles. The lowest BCUT2D eigenvalue weighted by Gasteiger charge is -2.32. The second kappa shape index (κ2) is 6.95. The fourth-order valence-corrected chi connectivity index (χ4v) is 2.63. The lowest BCUT2D eigenvalue weighted by atomic mass is 9.85. The van der Waals surface area contributed by atoms with Crippen molar-refractivity contribution in [2.75, 3.05) is 20.2 Å². The molecule has 0 radical (unpaired) electrons. The minimum Gasteiger partial charge on any atom is -0.366 e. The van der Waals surface area contributed by atoms with Gasteiger partial charge in [-0.05, 0) is 31.5 Å². The van der Waals surface area contributed by atoms with Crippen LogP contribution in [0.25, 0.3) is 0 Å². The highest BCUT2D eigenvalue weighted by molar-refractivity contribution is 5.86. The van der Waals surface area contributed by atoms with Gasteiger partial charge in [0.25, 0.3) is 0 Å². The number of ketones is 1. The number of ether oxygens (including phenoxy) is 1. The number of aryl methyl sites for hydroxylation is 1. The molecule has 1 heterocycles. The molecule has 1 saturated heterocycles. The van der Waals surface area contributed by atoms with Gasteiger partial charge in [0.15, 0.2) is 17.7 Å². The van der Waals surface area contributed by atoms with Crippen molar-refractivity contribution in [2.45, 2.75) is 32.0 Å². The number of alkyl halides is 3. The van der Waals surface area contributed by atoms with E-state index in [-0.39, 0.29) is 11.1 Å². The molecule has 0 spiro atoms. The molecule has 0 saturated carbocycles. The van der Waals surface area contributed by atoms with Crippen LogP contribution >= 0.6 is 0 Å². The van der Waals surface area contributed by atoms with E-state index < -0.39 is 30.6 Å². The minimum atomic E-state index is -4.82. The molecule has 5 nitrogen and oxygen atoms in total. The molecule has 0 amide bonds. The van der Waals surface area contributed by atoms with Crippen molar-refractivity contribution in [1.82, 2.24) is 4.90 Å². The predicted octanol–water partition coefficient (Wildman–Crippen LogP) is 3.17. The number of benzene rings is 1. The van der Waals surface area contributed by atoms with E-state index in [2.05, 4.69) is 4.99 Å². The number of carbonyl (C=O) groups is 2. The lowest BCUT2D eigenvalue weighted by molar-refractivity contribution is -0.269. The zero-order chi connectivity index (χ0) is 18.8. The van der Waals surface area contributed by atoms with Crippen molar-refractivity contribution >= 4 is 24.1 Å². The van der Waals surface area contributed by atoms with Crippen LogP contribution in [0.3, 0.4) is 0 Å². The number of halogens is 3. The van der Waals surface area contributed by atoms with Crippen molar-refractivity contribution in [1.29, 1.82) is 0 Å². The first kappa shape index (κ1) is 19.1. The van der Waals surface area contributed by atoms with Crippen molar-refractivity contribution in [3.63, 3.8) is 0 Å². The normalized spacial score (nSPS) is 21.1. The molecule has 1 aliphatic heterocycles. The van der Waals surface area contributed by atoms with Gasteiger partial charge in [0.2, 0.25) is 0 Å². The smallest absolute Gasteiger partial charge is 0.366 e. The Hall–Kier alpha value is -2.22. The Morgan fingerprint density at radius 3 is 2.56 bits per heavy atom. The molecule has 8 heteroatoms. The maximum Gasteiger partial charge on any atom is 0.422 e. The fourth-order valence-electron chi connectivity index (χ4n) is 2.63. The lowest BCUT2D eigenvalue weighted by Crippen LogP contribution is -2.42. The summed E-state index contributed by atoms with van der Waals surface area (Å²) in [5.74, 6) is -0.654. The van der Waals surface area contributed by atoms with Crippen LogP contribution in [0.1, 0.15) is 34.8 Å². The first-order valence-corrected chi connectivity index (χ1v) is 7.71. The summed E-state index contributed by atoms with van der Waals surface area (Å²) in [6, 6.07) is 2.52. The molecule has 1 atom stereocenters. The number of aldehydes is 1. The monoisotopic (exact) mass is 356 g/mol. The zero-order valence-electron chi connectivity index (χ0n) is 14.2. The second-order valence-electron chi connectivity index (χ2n) is 5.99. The molecule has 136 valence electrons. The maximum absolute atomic E-state index is 13.7. The summed E-state index contributed by atoms with van der Waals surface area (Å²) in [5, 5.41) is 0. The van der Waals surface area contributed by atoms with E-state index >= 15 is 0 Å². The van der Waals surface area contributed by atoms with Gasteiger partial charge in [-0.3, -0.25) is 9.59 Å². The van der Waals surface area contributed by atoms with Crippen LogP contribution in [0, 0.1) is 6.92 Å². The maximum atomic E-state index is 13.7. The summed E-state index contributed by atoms with van der Waals surface area (Å²) in [4.78, 5) is 28.9. The molecule has 0 bridgehead atoms. The Balaban J connectivity index is 2.58. The van der Waals surface area contributed by atoms with E-state index in [0.29, 0.717) is 24.1 Å². The molecule has 1 fully saturated rings. The predicted molar refractivity (Wildman–Crippen MR) is 86.3 cm³/mol. The second-order valence-corrected chi connectivity index (χ2v) is 5.99. The van der Waals surface area contributed by atoms with Crippen molar-refractivity contribution in [3.8, 4) is 0 Å². The van der Waals surface area contributed by atoms with Gasteiger partial charge in [0, 0.05) is 24.7 Å². The number of nitrogens with zero attached hydrogens (tertiary/aromatic N) is 2. The number of hydrogen-bond donors (Lipinski definition) is 0. The van der Waals surface area contributed by atoms with E-state index in [1.54, 1.807) is 18.9 Å². The number of hydrogen-bond acceptors (Lipinski definition) is 4. The van der Waals surface area contributed by atoms with Crippen LogP contribution in [0.4, 0.5) is 18.9 Å². The van der Waals surface area contributed by atoms with Gasteiger partial charge in [-0.1, -0.05) is 0 Å². The molecule has 1 aromatic rings. The van der Waals surface area contributed by atoms with Gasteiger partial charge in [-0.2, -0.15) is 13.2 Å². The average molecular weight is 356 g/mol. The standard InChI is InChI=1S/C17H19F3N2O3/c1-4-22(3)10-21-15-6-12(8-23)14(5-11(15)2)16(17(18,19)20)7-13(24)9-25-16/h5-6,8,10H,4,7,9H2,1-3H3. The fraction of sp³-hybridized carbons (Fsp3) is 0.471. The van der Waals surface area contributed by atoms with Gasteiger partial charge in [-0.25, -0.2) is 4.99 Å². The van der Waals surface area contributed by atoms with Crippen molar-refractivity contribution < 1.29 is 27.5 Å². The van der Waals surface area contributed by atoms with E-state index in [4.69, 9.17) is 4.74 Å². The molecule has 1 aliphatic rings. The van der Waals surface area contributed by atoms with Gasteiger partial charge < -0.3 is 9.64 Å². The quantitative estimate of drug-likeness (QED) is 0.462. The molecule has 1 aromatic carbocycles. The van der Waals surface area contributed by atoms with Gasteiger partial charge >= 0.3 is 6.18 Å². The Morgan fingerprint density at radius 1 is 1.40 bits per heavy atom. The van der Waals surface area contributed by atoms with E-state index in [9.17, 15) is 22.8 Å². The van der Waals surface area contributed by atoms with Gasteiger partial charge in [0.05, 0.1) is 18.4 Å². The summed E-state index contributed by atoms with van der Waals surface area (Å²) < 4.78 is 46.0. The van der Waals surface area contributed by atoms with Crippen LogP contribution < -0.4 is 0 Å². The summed E-state index contributed by atoms with van der Waals surface area (Å²) in [5.41, 5.74) is -2.49. The highest BCUT2D eigenvalue weighted by Gasteiger charge is 2.62. The van der Waals surface area contributed by atoms with Gasteiger partial charge in [-0.15, -0.1) is 0 Å². The number of rotatable bonds is 5. The summed E-state index contributed by atoms with van der Waals surface area (Å²) in [7, 11) is 1.80. The summed E-state index contributed by atoms with van der Waals surface area (Å²) >= 11 is 0. The average Bonchev–Trinajstić information content (AvgIpc) is 2.96.